The Hall–Kier alpha value is -1.78. The second kappa shape index (κ2) is 4.00. The molecule has 1 aromatic heterocycles. The van der Waals surface area contributed by atoms with E-state index in [4.69, 9.17) is 0 Å². The molecule has 0 bridgehead atoms. The van der Waals surface area contributed by atoms with Crippen LogP contribution >= 0.6 is 0 Å². The topological polar surface area (TPSA) is 110 Å². The summed E-state index contributed by atoms with van der Waals surface area (Å²) < 4.78 is 60.7. The minimum Gasteiger partial charge on any atom is -0.412 e. The van der Waals surface area contributed by atoms with Crippen molar-refractivity contribution in [3.63, 3.8) is 0 Å². The van der Waals surface area contributed by atoms with Crippen molar-refractivity contribution in [2.45, 2.75) is 12.1 Å². The third-order valence-electron chi connectivity index (χ3n) is 1.51. The van der Waals surface area contributed by atoms with Crippen molar-refractivity contribution < 1.29 is 27.4 Å². The van der Waals surface area contributed by atoms with Gasteiger partial charge in [0.15, 0.2) is 0 Å². The molecule has 0 saturated heterocycles. The number of hydrogen-bond acceptors (Lipinski definition) is 3. The lowest BCUT2D eigenvalue weighted by Gasteiger charge is -2.17. The van der Waals surface area contributed by atoms with Crippen molar-refractivity contribution >= 4 is 5.69 Å². The van der Waals surface area contributed by atoms with E-state index in [9.17, 15) is 31.7 Å². The number of hydrogen-bond donors (Lipinski definition) is 2. The number of nitroso groups, excluding NO2 is 1. The summed E-state index contributed by atoms with van der Waals surface area (Å²) in [7, 11) is 0. The molecule has 0 fully saturated rings. The number of alkyl halides is 5. The Morgan fingerprint density at radius 2 is 1.56 bits per heavy atom. The van der Waals surface area contributed by atoms with Gasteiger partial charge in [0.25, 0.3) is 5.56 Å². The predicted octanol–water partition coefficient (Wildman–Crippen LogP) is 0.930. The quantitative estimate of drug-likeness (QED) is 0.600. The molecule has 92 valence electrons. The molecule has 11 heteroatoms. The standard InChI is InChI=1S/C5H2F5N3O2.H2O/c6-4(7,5(8,9)10)2-1(13-15)3(14)12-11-2;/h(H2,11,12,14);1H2. The van der Waals surface area contributed by atoms with Crippen molar-refractivity contribution in [2.24, 2.45) is 5.18 Å². The van der Waals surface area contributed by atoms with Crippen LogP contribution in [-0.4, -0.2) is 21.8 Å². The Morgan fingerprint density at radius 1 is 1.06 bits per heavy atom. The van der Waals surface area contributed by atoms with E-state index in [2.05, 4.69) is 0 Å². The molecular formula is C5H4F5N3O3. The molecule has 0 aliphatic rings. The van der Waals surface area contributed by atoms with E-state index in [1.54, 1.807) is 5.18 Å². The zero-order chi connectivity index (χ0) is 11.9. The van der Waals surface area contributed by atoms with Crippen LogP contribution in [0.15, 0.2) is 9.97 Å². The average molecular weight is 249 g/mol. The van der Waals surface area contributed by atoms with Gasteiger partial charge in [0.1, 0.15) is 5.69 Å². The van der Waals surface area contributed by atoms with Gasteiger partial charge in [-0.15, -0.1) is 4.91 Å². The zero-order valence-electron chi connectivity index (χ0n) is 7.15. The van der Waals surface area contributed by atoms with Crippen molar-refractivity contribution in [1.29, 1.82) is 0 Å². The Labute approximate surface area is 82.7 Å². The van der Waals surface area contributed by atoms with Crippen LogP contribution in [0.1, 0.15) is 5.69 Å². The Morgan fingerprint density at radius 3 is 1.94 bits per heavy atom. The fourth-order valence-corrected chi connectivity index (χ4v) is 0.807. The van der Waals surface area contributed by atoms with E-state index in [0.29, 0.717) is 0 Å². The largest absolute Gasteiger partial charge is 0.459 e. The summed E-state index contributed by atoms with van der Waals surface area (Å²) in [5.74, 6) is -5.34. The second-order valence-corrected chi connectivity index (χ2v) is 2.47. The summed E-state index contributed by atoms with van der Waals surface area (Å²) in [6.45, 7) is 0. The van der Waals surface area contributed by atoms with Crippen molar-refractivity contribution in [3.8, 4) is 0 Å². The van der Waals surface area contributed by atoms with Gasteiger partial charge < -0.3 is 5.48 Å². The monoisotopic (exact) mass is 249 g/mol. The summed E-state index contributed by atoms with van der Waals surface area (Å²) in [4.78, 5) is 20.5. The lowest BCUT2D eigenvalue weighted by atomic mass is 10.2. The highest BCUT2D eigenvalue weighted by molar-refractivity contribution is 5.42. The van der Waals surface area contributed by atoms with E-state index in [1.807, 2.05) is 0 Å². The Kier molecular flexibility index (Phi) is 3.55. The van der Waals surface area contributed by atoms with Gasteiger partial charge in [-0.1, -0.05) is 0 Å². The van der Waals surface area contributed by atoms with Gasteiger partial charge in [0, 0.05) is 0 Å². The fourth-order valence-electron chi connectivity index (χ4n) is 0.807. The summed E-state index contributed by atoms with van der Waals surface area (Å²) in [6, 6.07) is 0. The predicted molar refractivity (Wildman–Crippen MR) is 40.4 cm³/mol. The van der Waals surface area contributed by atoms with Gasteiger partial charge in [-0.25, -0.2) is 0 Å². The fraction of sp³-hybridized carbons (Fsp3) is 0.400. The van der Waals surface area contributed by atoms with Crippen LogP contribution in [0.5, 0.6) is 0 Å². The number of aromatic nitrogens is 2. The van der Waals surface area contributed by atoms with Gasteiger partial charge in [0.05, 0.1) is 0 Å². The molecular weight excluding hydrogens is 245 g/mol. The molecule has 0 radical (unpaired) electrons. The molecule has 0 unspecified atom stereocenters. The third kappa shape index (κ3) is 1.93. The van der Waals surface area contributed by atoms with Crippen LogP contribution in [-0.2, 0) is 5.92 Å². The number of halogens is 5. The number of aromatic amines is 2. The first-order valence-corrected chi connectivity index (χ1v) is 3.31. The van der Waals surface area contributed by atoms with E-state index >= 15 is 0 Å². The number of nitrogens with zero attached hydrogens (tertiary/aromatic N) is 1. The smallest absolute Gasteiger partial charge is 0.412 e. The van der Waals surface area contributed by atoms with Crippen molar-refractivity contribution in [1.82, 2.24) is 10.2 Å². The SMILES string of the molecule is O.O=Nc1c(C(F)(F)C(F)(F)F)[nH][nH]c1=O. The third-order valence-corrected chi connectivity index (χ3v) is 1.51. The van der Waals surface area contributed by atoms with Crippen LogP contribution in [0.3, 0.4) is 0 Å². The molecule has 4 N–H and O–H groups in total. The molecule has 0 atom stereocenters. The summed E-state index contributed by atoms with van der Waals surface area (Å²) >= 11 is 0. The molecule has 1 rings (SSSR count). The van der Waals surface area contributed by atoms with E-state index in [-0.39, 0.29) is 5.48 Å². The van der Waals surface area contributed by atoms with E-state index in [1.165, 1.54) is 10.2 Å². The highest BCUT2D eigenvalue weighted by Gasteiger charge is 2.61. The highest BCUT2D eigenvalue weighted by Crippen LogP contribution is 2.45. The van der Waals surface area contributed by atoms with Crippen LogP contribution in [0, 0.1) is 4.91 Å². The molecule has 0 amide bonds. The van der Waals surface area contributed by atoms with Crippen molar-refractivity contribution in [2.75, 3.05) is 0 Å². The van der Waals surface area contributed by atoms with E-state index < -0.39 is 29.0 Å². The molecule has 0 saturated carbocycles. The number of nitrogens with one attached hydrogen (secondary N) is 2. The van der Waals surface area contributed by atoms with Gasteiger partial charge in [-0.2, -0.15) is 22.0 Å². The first-order valence-electron chi connectivity index (χ1n) is 3.31. The Balaban J connectivity index is 0.00000225. The van der Waals surface area contributed by atoms with Crippen LogP contribution in [0.25, 0.3) is 0 Å². The maximum atomic E-state index is 12.6. The van der Waals surface area contributed by atoms with Crippen molar-refractivity contribution in [3.05, 3.63) is 21.0 Å². The molecule has 1 heterocycles. The average Bonchev–Trinajstić information content (AvgIpc) is 2.44. The molecule has 0 aliphatic carbocycles. The summed E-state index contributed by atoms with van der Waals surface area (Å²) in [5, 5.41) is 4.49. The van der Waals surface area contributed by atoms with Gasteiger partial charge >= 0.3 is 12.1 Å². The van der Waals surface area contributed by atoms with E-state index in [0.717, 1.165) is 0 Å². The van der Waals surface area contributed by atoms with Crippen LogP contribution in [0.2, 0.25) is 0 Å². The zero-order valence-corrected chi connectivity index (χ0v) is 7.15. The normalized spacial score (nSPS) is 12.1. The lowest BCUT2D eigenvalue weighted by Crippen LogP contribution is -2.34. The minimum atomic E-state index is -5.92. The van der Waals surface area contributed by atoms with Gasteiger partial charge in [-0.05, 0) is 5.18 Å². The molecule has 1 aromatic rings. The lowest BCUT2D eigenvalue weighted by molar-refractivity contribution is -0.290. The maximum absolute atomic E-state index is 12.6. The van der Waals surface area contributed by atoms with Gasteiger partial charge in [0.2, 0.25) is 5.69 Å². The van der Waals surface area contributed by atoms with Gasteiger partial charge in [-0.3, -0.25) is 15.0 Å². The molecule has 0 aromatic carbocycles. The van der Waals surface area contributed by atoms with Crippen LogP contribution < -0.4 is 5.56 Å². The first-order chi connectivity index (χ1) is 6.71. The first kappa shape index (κ1) is 14.2. The highest BCUT2D eigenvalue weighted by atomic mass is 19.4. The number of H-pyrrole nitrogens is 2. The molecule has 0 spiro atoms. The second-order valence-electron chi connectivity index (χ2n) is 2.47. The molecule has 6 nitrogen and oxygen atoms in total. The molecule has 0 aliphatic heterocycles. The minimum absolute atomic E-state index is 0. The van der Waals surface area contributed by atoms with Crippen LogP contribution in [0.4, 0.5) is 27.6 Å². The molecule has 16 heavy (non-hydrogen) atoms. The summed E-state index contributed by atoms with van der Waals surface area (Å²) in [6.07, 6.45) is -5.92. The Bertz CT molecular complexity index is 433. The maximum Gasteiger partial charge on any atom is 0.459 e. The number of rotatable bonds is 2. The summed E-state index contributed by atoms with van der Waals surface area (Å²) in [5.41, 5.74) is -4.85.